The summed E-state index contributed by atoms with van der Waals surface area (Å²) in [6.07, 6.45) is 0. The fourth-order valence-electron chi connectivity index (χ4n) is 3.31. The van der Waals surface area contributed by atoms with E-state index in [4.69, 9.17) is 21.1 Å². The summed E-state index contributed by atoms with van der Waals surface area (Å²) in [5.74, 6) is -1.13. The Balaban J connectivity index is 1.76. The molecule has 0 bridgehead atoms. The van der Waals surface area contributed by atoms with Gasteiger partial charge >= 0.3 is 5.97 Å². The topological polar surface area (TPSA) is 90.0 Å². The Bertz CT molecular complexity index is 1120. The van der Waals surface area contributed by atoms with Crippen molar-refractivity contribution in [2.45, 2.75) is 25.7 Å². The Labute approximate surface area is 187 Å². The van der Waals surface area contributed by atoms with E-state index in [1.54, 1.807) is 6.07 Å². The maximum atomic E-state index is 12.9. The van der Waals surface area contributed by atoms with Gasteiger partial charge in [0.05, 0.1) is 23.8 Å². The number of morpholine rings is 1. The molecule has 166 valence electrons. The fourth-order valence-corrected chi connectivity index (χ4v) is 5.22. The van der Waals surface area contributed by atoms with E-state index >= 15 is 0 Å². The van der Waals surface area contributed by atoms with Crippen LogP contribution in [0.1, 0.15) is 37.4 Å². The number of carbonyl (C=O) groups excluding carboxylic acids is 2. The molecule has 0 radical (unpaired) electrons. The molecule has 0 atom stereocenters. The second kappa shape index (κ2) is 9.48. The Morgan fingerprint density at radius 2 is 1.68 bits per heavy atom. The number of ether oxygens (including phenoxy) is 2. The smallest absolute Gasteiger partial charge is 0.338 e. The molecule has 1 saturated heterocycles. The van der Waals surface area contributed by atoms with E-state index in [2.05, 4.69) is 0 Å². The van der Waals surface area contributed by atoms with Gasteiger partial charge < -0.3 is 9.47 Å². The summed E-state index contributed by atoms with van der Waals surface area (Å²) >= 11 is 6.11. The van der Waals surface area contributed by atoms with E-state index < -0.39 is 22.6 Å². The molecule has 0 saturated carbocycles. The Morgan fingerprint density at radius 3 is 2.35 bits per heavy atom. The number of carbonyl (C=O) groups is 2. The molecule has 0 unspecified atom stereocenters. The van der Waals surface area contributed by atoms with Crippen LogP contribution in [-0.4, -0.2) is 57.4 Å². The number of esters is 1. The standard InChI is InChI=1S/C22H24ClNO6S/c1-14-10-16(3)18(11-15(14)2)20(25)13-30-22(26)17-4-5-19(23)21(12-17)31(27,28)24-6-8-29-9-7-24/h4-5,10-12H,6-9,13H2,1-3H3. The van der Waals surface area contributed by atoms with Gasteiger partial charge in [0.2, 0.25) is 15.8 Å². The Morgan fingerprint density at radius 1 is 1.03 bits per heavy atom. The Hall–Kier alpha value is -2.26. The summed E-state index contributed by atoms with van der Waals surface area (Å²) in [5, 5.41) is 0.00451. The Kier molecular flexibility index (Phi) is 7.16. The monoisotopic (exact) mass is 465 g/mol. The maximum absolute atomic E-state index is 12.9. The highest BCUT2D eigenvalue weighted by molar-refractivity contribution is 7.89. The van der Waals surface area contributed by atoms with Crippen LogP contribution in [0.5, 0.6) is 0 Å². The largest absolute Gasteiger partial charge is 0.454 e. The van der Waals surface area contributed by atoms with Crippen molar-refractivity contribution in [1.82, 2.24) is 4.31 Å². The minimum Gasteiger partial charge on any atom is -0.454 e. The summed E-state index contributed by atoms with van der Waals surface area (Å²) in [6.45, 7) is 6.23. The summed E-state index contributed by atoms with van der Waals surface area (Å²) in [7, 11) is -3.89. The van der Waals surface area contributed by atoms with Gasteiger partial charge in [-0.15, -0.1) is 0 Å². The average molecular weight is 466 g/mol. The van der Waals surface area contributed by atoms with Crippen LogP contribution in [0.25, 0.3) is 0 Å². The molecule has 1 fully saturated rings. The second-order valence-electron chi connectivity index (χ2n) is 7.41. The normalized spacial score (nSPS) is 15.0. The zero-order valence-corrected chi connectivity index (χ0v) is 19.2. The number of sulfonamides is 1. The molecule has 2 aromatic rings. The molecule has 31 heavy (non-hydrogen) atoms. The summed E-state index contributed by atoms with van der Waals surface area (Å²) in [4.78, 5) is 24.9. The highest BCUT2D eigenvalue weighted by Gasteiger charge is 2.29. The predicted octanol–water partition coefficient (Wildman–Crippen LogP) is 3.33. The highest BCUT2D eigenvalue weighted by atomic mass is 35.5. The number of halogens is 1. The maximum Gasteiger partial charge on any atom is 0.338 e. The van der Waals surface area contributed by atoms with Crippen molar-refractivity contribution in [2.75, 3.05) is 32.9 Å². The fraction of sp³-hybridized carbons (Fsp3) is 0.364. The van der Waals surface area contributed by atoms with Gasteiger partial charge in [-0.1, -0.05) is 17.7 Å². The minimum atomic E-state index is -3.89. The number of Topliss-reactive ketones (excluding diaryl/α,β-unsaturated/α-hetero) is 1. The number of nitrogens with zero attached hydrogens (tertiary/aromatic N) is 1. The van der Waals surface area contributed by atoms with Gasteiger partial charge in [0.1, 0.15) is 4.90 Å². The van der Waals surface area contributed by atoms with Crippen molar-refractivity contribution in [1.29, 1.82) is 0 Å². The highest BCUT2D eigenvalue weighted by Crippen LogP contribution is 2.27. The van der Waals surface area contributed by atoms with Crippen LogP contribution in [0.15, 0.2) is 35.2 Å². The molecule has 1 aliphatic heterocycles. The van der Waals surface area contributed by atoms with Crippen LogP contribution in [0, 0.1) is 20.8 Å². The van der Waals surface area contributed by atoms with Crippen molar-refractivity contribution in [3.63, 3.8) is 0 Å². The third kappa shape index (κ3) is 5.15. The van der Waals surface area contributed by atoms with E-state index in [-0.39, 0.29) is 34.4 Å². The second-order valence-corrected chi connectivity index (χ2v) is 9.73. The van der Waals surface area contributed by atoms with E-state index in [1.807, 2.05) is 26.8 Å². The van der Waals surface area contributed by atoms with Crippen LogP contribution >= 0.6 is 11.6 Å². The predicted molar refractivity (Wildman–Crippen MR) is 116 cm³/mol. The number of benzene rings is 2. The number of hydrogen-bond acceptors (Lipinski definition) is 6. The van der Waals surface area contributed by atoms with Crippen molar-refractivity contribution in [3.8, 4) is 0 Å². The molecule has 0 aromatic heterocycles. The van der Waals surface area contributed by atoms with Gasteiger partial charge in [0, 0.05) is 18.7 Å². The van der Waals surface area contributed by atoms with Gasteiger partial charge in [0.25, 0.3) is 0 Å². The quantitative estimate of drug-likeness (QED) is 0.480. The molecule has 0 N–H and O–H groups in total. The zero-order chi connectivity index (χ0) is 22.8. The van der Waals surface area contributed by atoms with Crippen LogP contribution < -0.4 is 0 Å². The van der Waals surface area contributed by atoms with Gasteiger partial charge in [-0.05, 0) is 61.7 Å². The lowest BCUT2D eigenvalue weighted by molar-refractivity contribution is 0.0474. The third-order valence-electron chi connectivity index (χ3n) is 5.23. The molecule has 0 spiro atoms. The molecular weight excluding hydrogens is 442 g/mol. The lowest BCUT2D eigenvalue weighted by Gasteiger charge is -2.26. The first-order chi connectivity index (χ1) is 14.6. The van der Waals surface area contributed by atoms with E-state index in [9.17, 15) is 18.0 Å². The molecule has 3 rings (SSSR count). The number of aryl methyl sites for hydroxylation is 3. The van der Waals surface area contributed by atoms with Crippen LogP contribution in [0.4, 0.5) is 0 Å². The summed E-state index contributed by atoms with van der Waals surface area (Å²) in [6, 6.07) is 7.57. The first-order valence-electron chi connectivity index (χ1n) is 9.77. The van der Waals surface area contributed by atoms with E-state index in [0.717, 1.165) is 16.7 Å². The first kappa shape index (κ1) is 23.4. The molecule has 0 amide bonds. The molecule has 1 aliphatic rings. The van der Waals surface area contributed by atoms with Crippen molar-refractivity contribution < 1.29 is 27.5 Å². The van der Waals surface area contributed by atoms with Gasteiger partial charge in [0.15, 0.2) is 6.61 Å². The average Bonchev–Trinajstić information content (AvgIpc) is 2.75. The third-order valence-corrected chi connectivity index (χ3v) is 7.61. The van der Waals surface area contributed by atoms with Crippen molar-refractivity contribution in [2.24, 2.45) is 0 Å². The van der Waals surface area contributed by atoms with Gasteiger partial charge in [-0.2, -0.15) is 4.31 Å². The van der Waals surface area contributed by atoms with Gasteiger partial charge in [-0.3, -0.25) is 4.79 Å². The van der Waals surface area contributed by atoms with Crippen LogP contribution in [0.2, 0.25) is 5.02 Å². The molecule has 0 aliphatic carbocycles. The van der Waals surface area contributed by atoms with E-state index in [1.165, 1.54) is 22.5 Å². The van der Waals surface area contributed by atoms with Gasteiger partial charge in [-0.25, -0.2) is 13.2 Å². The number of rotatable bonds is 6. The number of hydrogen-bond donors (Lipinski definition) is 0. The summed E-state index contributed by atoms with van der Waals surface area (Å²) in [5.41, 5.74) is 3.33. The summed E-state index contributed by atoms with van der Waals surface area (Å²) < 4.78 is 37.4. The van der Waals surface area contributed by atoms with Crippen molar-refractivity contribution >= 4 is 33.4 Å². The molecule has 2 aromatic carbocycles. The molecule has 7 nitrogen and oxygen atoms in total. The SMILES string of the molecule is Cc1cc(C)c(C(=O)COC(=O)c2ccc(Cl)c(S(=O)(=O)N3CCOCC3)c2)cc1C. The lowest BCUT2D eigenvalue weighted by Crippen LogP contribution is -2.40. The molecular formula is C22H24ClNO6S. The molecule has 9 heteroatoms. The zero-order valence-electron chi connectivity index (χ0n) is 17.6. The first-order valence-corrected chi connectivity index (χ1v) is 11.6. The van der Waals surface area contributed by atoms with E-state index in [0.29, 0.717) is 18.8 Å². The van der Waals surface area contributed by atoms with Crippen molar-refractivity contribution in [3.05, 3.63) is 63.2 Å². The van der Waals surface area contributed by atoms with Crippen LogP contribution in [0.3, 0.4) is 0 Å². The minimum absolute atomic E-state index is 0.000781. The van der Waals surface area contributed by atoms with Crippen LogP contribution in [-0.2, 0) is 19.5 Å². The number of ketones is 1. The molecule has 1 heterocycles. The lowest BCUT2D eigenvalue weighted by atomic mass is 9.98.